The average molecular weight is 305 g/mol. The molecule has 5 heteroatoms. The lowest BCUT2D eigenvalue weighted by molar-refractivity contribution is 0.0624. The van der Waals surface area contributed by atoms with Gasteiger partial charge in [0.1, 0.15) is 4.99 Å². The molecular weight excluding hydrogens is 282 g/mol. The first-order chi connectivity index (χ1) is 9.97. The summed E-state index contributed by atoms with van der Waals surface area (Å²) < 4.78 is 0. The summed E-state index contributed by atoms with van der Waals surface area (Å²) >= 11 is 4.92. The van der Waals surface area contributed by atoms with Gasteiger partial charge in [-0.15, -0.1) is 0 Å². The van der Waals surface area contributed by atoms with Crippen molar-refractivity contribution in [3.05, 3.63) is 35.4 Å². The second-order valence-electron chi connectivity index (χ2n) is 5.93. The summed E-state index contributed by atoms with van der Waals surface area (Å²) in [5.74, 6) is 0.758. The molecule has 1 aliphatic rings. The summed E-state index contributed by atoms with van der Waals surface area (Å²) in [5.41, 5.74) is 7.06. The third-order valence-electron chi connectivity index (χ3n) is 3.70. The molecule has 1 amide bonds. The number of nitrogens with zero attached hydrogens (tertiary/aromatic N) is 2. The van der Waals surface area contributed by atoms with Crippen LogP contribution in [0.15, 0.2) is 24.3 Å². The van der Waals surface area contributed by atoms with Gasteiger partial charge in [-0.1, -0.05) is 38.2 Å². The molecule has 0 aliphatic carbocycles. The van der Waals surface area contributed by atoms with Crippen LogP contribution < -0.4 is 5.73 Å². The summed E-state index contributed by atoms with van der Waals surface area (Å²) in [5, 5.41) is 0. The Hall–Kier alpha value is -1.46. The highest BCUT2D eigenvalue weighted by Gasteiger charge is 2.22. The van der Waals surface area contributed by atoms with Crippen LogP contribution in [0.5, 0.6) is 0 Å². The largest absolute Gasteiger partial charge is 0.389 e. The molecule has 0 unspecified atom stereocenters. The number of piperazine rings is 1. The SMILES string of the molecule is CC(C)CN1CCN(C(=O)c2ccc(C(N)=S)cc2)CC1. The highest BCUT2D eigenvalue weighted by Crippen LogP contribution is 2.11. The predicted molar refractivity (Wildman–Crippen MR) is 89.5 cm³/mol. The van der Waals surface area contributed by atoms with Crippen LogP contribution in [0.4, 0.5) is 0 Å². The van der Waals surface area contributed by atoms with Crippen LogP contribution in [0.25, 0.3) is 0 Å². The number of benzene rings is 1. The second-order valence-corrected chi connectivity index (χ2v) is 6.37. The molecule has 0 spiro atoms. The summed E-state index contributed by atoms with van der Waals surface area (Å²) in [4.78, 5) is 17.2. The fraction of sp³-hybridized carbons (Fsp3) is 0.500. The Kier molecular flexibility index (Phi) is 5.31. The summed E-state index contributed by atoms with van der Waals surface area (Å²) in [7, 11) is 0. The fourth-order valence-electron chi connectivity index (χ4n) is 2.61. The molecule has 0 saturated carbocycles. The van der Waals surface area contributed by atoms with Crippen molar-refractivity contribution < 1.29 is 4.79 Å². The van der Waals surface area contributed by atoms with Gasteiger partial charge in [-0.3, -0.25) is 9.69 Å². The molecule has 1 aliphatic heterocycles. The first-order valence-electron chi connectivity index (χ1n) is 7.39. The zero-order chi connectivity index (χ0) is 15.4. The van der Waals surface area contributed by atoms with E-state index in [1.165, 1.54) is 0 Å². The Morgan fingerprint density at radius 2 is 1.67 bits per heavy atom. The zero-order valence-corrected chi connectivity index (χ0v) is 13.5. The Balaban J connectivity index is 1.94. The normalized spacial score (nSPS) is 16.2. The number of amides is 1. The van der Waals surface area contributed by atoms with E-state index in [4.69, 9.17) is 18.0 Å². The highest BCUT2D eigenvalue weighted by atomic mass is 32.1. The minimum absolute atomic E-state index is 0.0914. The summed E-state index contributed by atoms with van der Waals surface area (Å²) in [6.45, 7) is 9.04. The molecule has 1 heterocycles. The molecule has 0 radical (unpaired) electrons. The van der Waals surface area contributed by atoms with Crippen molar-refractivity contribution in [3.8, 4) is 0 Å². The first-order valence-corrected chi connectivity index (χ1v) is 7.79. The quantitative estimate of drug-likeness (QED) is 0.861. The third kappa shape index (κ3) is 4.25. The molecule has 21 heavy (non-hydrogen) atoms. The van der Waals surface area contributed by atoms with E-state index in [0.29, 0.717) is 16.5 Å². The van der Waals surface area contributed by atoms with Gasteiger partial charge in [0.15, 0.2) is 0 Å². The van der Waals surface area contributed by atoms with Crippen molar-refractivity contribution in [2.75, 3.05) is 32.7 Å². The van der Waals surface area contributed by atoms with Crippen LogP contribution >= 0.6 is 12.2 Å². The predicted octanol–water partition coefficient (Wildman–Crippen LogP) is 1.73. The highest BCUT2D eigenvalue weighted by molar-refractivity contribution is 7.80. The average Bonchev–Trinajstić information content (AvgIpc) is 2.47. The third-order valence-corrected chi connectivity index (χ3v) is 3.93. The molecular formula is C16H23N3OS. The van der Waals surface area contributed by atoms with Crippen LogP contribution in [0.2, 0.25) is 0 Å². The molecule has 4 nitrogen and oxygen atoms in total. The number of nitrogens with two attached hydrogens (primary N) is 1. The Bertz CT molecular complexity index is 505. The number of thiocarbonyl (C=S) groups is 1. The van der Waals surface area contributed by atoms with Gasteiger partial charge < -0.3 is 10.6 Å². The molecule has 0 atom stereocenters. The van der Waals surface area contributed by atoms with Gasteiger partial charge in [-0.2, -0.15) is 0 Å². The van der Waals surface area contributed by atoms with Gasteiger partial charge in [0.25, 0.3) is 5.91 Å². The van der Waals surface area contributed by atoms with E-state index in [9.17, 15) is 4.79 Å². The first kappa shape index (κ1) is 15.9. The maximum atomic E-state index is 12.5. The lowest BCUT2D eigenvalue weighted by Gasteiger charge is -2.35. The number of hydrogen-bond acceptors (Lipinski definition) is 3. The number of carbonyl (C=O) groups is 1. The summed E-state index contributed by atoms with van der Waals surface area (Å²) in [6.07, 6.45) is 0. The molecule has 114 valence electrons. The van der Waals surface area contributed by atoms with E-state index in [1.54, 1.807) is 12.1 Å². The van der Waals surface area contributed by atoms with E-state index in [1.807, 2.05) is 17.0 Å². The van der Waals surface area contributed by atoms with Crippen molar-refractivity contribution in [3.63, 3.8) is 0 Å². The number of carbonyl (C=O) groups excluding carboxylic acids is 1. The van der Waals surface area contributed by atoms with E-state index < -0.39 is 0 Å². The van der Waals surface area contributed by atoms with Gasteiger partial charge >= 0.3 is 0 Å². The topological polar surface area (TPSA) is 49.6 Å². The van der Waals surface area contributed by atoms with Crippen molar-refractivity contribution in [1.82, 2.24) is 9.80 Å². The van der Waals surface area contributed by atoms with Gasteiger partial charge in [-0.05, 0) is 18.1 Å². The van der Waals surface area contributed by atoms with E-state index in [-0.39, 0.29) is 5.91 Å². The van der Waals surface area contributed by atoms with E-state index in [2.05, 4.69) is 18.7 Å². The van der Waals surface area contributed by atoms with Gasteiger partial charge in [0, 0.05) is 43.9 Å². The minimum Gasteiger partial charge on any atom is -0.389 e. The molecule has 1 aromatic rings. The molecule has 2 rings (SSSR count). The van der Waals surface area contributed by atoms with E-state index >= 15 is 0 Å². The summed E-state index contributed by atoms with van der Waals surface area (Å²) in [6, 6.07) is 7.23. The van der Waals surface area contributed by atoms with Crippen LogP contribution in [0, 0.1) is 5.92 Å². The van der Waals surface area contributed by atoms with Crippen LogP contribution in [-0.2, 0) is 0 Å². The van der Waals surface area contributed by atoms with Crippen molar-refractivity contribution in [1.29, 1.82) is 0 Å². The lowest BCUT2D eigenvalue weighted by atomic mass is 10.1. The van der Waals surface area contributed by atoms with Crippen LogP contribution in [0.3, 0.4) is 0 Å². The van der Waals surface area contributed by atoms with Crippen molar-refractivity contribution in [2.45, 2.75) is 13.8 Å². The van der Waals surface area contributed by atoms with Crippen molar-refractivity contribution in [2.24, 2.45) is 11.7 Å². The zero-order valence-electron chi connectivity index (χ0n) is 12.7. The number of rotatable bonds is 4. The van der Waals surface area contributed by atoms with Gasteiger partial charge in [0.2, 0.25) is 0 Å². The Morgan fingerprint density at radius 1 is 1.14 bits per heavy atom. The van der Waals surface area contributed by atoms with Crippen LogP contribution in [-0.4, -0.2) is 53.4 Å². The fourth-order valence-corrected chi connectivity index (χ4v) is 2.75. The standard InChI is InChI=1S/C16H23N3OS/c1-12(2)11-18-7-9-19(10-8-18)16(20)14-5-3-13(4-6-14)15(17)21/h3-6,12H,7-11H2,1-2H3,(H2,17,21). The number of hydrogen-bond donors (Lipinski definition) is 1. The smallest absolute Gasteiger partial charge is 0.253 e. The van der Waals surface area contributed by atoms with Crippen LogP contribution in [0.1, 0.15) is 29.8 Å². The molecule has 1 fully saturated rings. The molecule has 1 aromatic carbocycles. The minimum atomic E-state index is 0.0914. The van der Waals surface area contributed by atoms with E-state index in [0.717, 1.165) is 38.3 Å². The Labute approximate surface area is 131 Å². The molecule has 2 N–H and O–H groups in total. The van der Waals surface area contributed by atoms with Gasteiger partial charge in [-0.25, -0.2) is 0 Å². The molecule has 1 saturated heterocycles. The monoisotopic (exact) mass is 305 g/mol. The molecule has 0 aromatic heterocycles. The lowest BCUT2D eigenvalue weighted by Crippen LogP contribution is -2.49. The second kappa shape index (κ2) is 7.00. The maximum Gasteiger partial charge on any atom is 0.253 e. The van der Waals surface area contributed by atoms with Gasteiger partial charge in [0.05, 0.1) is 0 Å². The van der Waals surface area contributed by atoms with Crippen molar-refractivity contribution >= 4 is 23.1 Å². The Morgan fingerprint density at radius 3 is 2.14 bits per heavy atom. The maximum absolute atomic E-state index is 12.5. The molecule has 0 bridgehead atoms.